The van der Waals surface area contributed by atoms with Crippen LogP contribution in [0.3, 0.4) is 0 Å². The van der Waals surface area contributed by atoms with Crippen molar-refractivity contribution < 1.29 is 4.18 Å². The highest BCUT2D eigenvalue weighted by Crippen LogP contribution is 2.29. The van der Waals surface area contributed by atoms with Gasteiger partial charge in [-0.2, -0.15) is 0 Å². The summed E-state index contributed by atoms with van der Waals surface area (Å²) >= 11 is 0. The molecule has 1 nitrogen and oxygen atoms in total. The van der Waals surface area contributed by atoms with Crippen LogP contribution >= 0.6 is 10.8 Å². The highest BCUT2D eigenvalue weighted by Gasteiger charge is 2.16. The van der Waals surface area contributed by atoms with E-state index in [1.165, 1.54) is 0 Å². The smallest absolute Gasteiger partial charge is 0.0738 e. The zero-order chi connectivity index (χ0) is 9.99. The molecule has 0 saturated heterocycles. The Morgan fingerprint density at radius 1 is 1.08 bits per heavy atom. The Hall–Kier alpha value is 0.180. The predicted molar refractivity (Wildman–Crippen MR) is 59.9 cm³/mol. The molecule has 0 aliphatic heterocycles. The summed E-state index contributed by atoms with van der Waals surface area (Å²) in [7, 11) is -0.159. The van der Waals surface area contributed by atoms with E-state index in [1.807, 2.05) is 0 Å². The molecule has 0 amide bonds. The molecule has 0 aromatic rings. The van der Waals surface area contributed by atoms with Crippen molar-refractivity contribution in [1.29, 1.82) is 0 Å². The van der Waals surface area contributed by atoms with E-state index in [9.17, 15) is 0 Å². The van der Waals surface area contributed by atoms with Gasteiger partial charge in [-0.1, -0.05) is 31.5 Å². The molecule has 0 spiro atoms. The minimum atomic E-state index is -0.159. The van der Waals surface area contributed by atoms with Crippen molar-refractivity contribution in [1.82, 2.24) is 0 Å². The van der Waals surface area contributed by atoms with Crippen molar-refractivity contribution in [2.75, 3.05) is 5.75 Å². The van der Waals surface area contributed by atoms with Gasteiger partial charge in [-0.05, 0) is 32.1 Å². The molecule has 0 saturated carbocycles. The molecular formula is C10H22OS. The Morgan fingerprint density at radius 2 is 1.50 bits per heavy atom. The Balaban J connectivity index is 3.92. The average molecular weight is 190 g/mol. The van der Waals surface area contributed by atoms with Crippen molar-refractivity contribution in [3.8, 4) is 0 Å². The predicted octanol–water partition coefficient (Wildman–Crippen LogP) is 3.46. The van der Waals surface area contributed by atoms with E-state index in [4.69, 9.17) is 4.18 Å². The van der Waals surface area contributed by atoms with Crippen LogP contribution in [-0.4, -0.2) is 17.2 Å². The van der Waals surface area contributed by atoms with Crippen LogP contribution in [0.15, 0.2) is 0 Å². The zero-order valence-electron chi connectivity index (χ0n) is 9.23. The summed E-state index contributed by atoms with van der Waals surface area (Å²) in [6, 6.07) is 0. The van der Waals surface area contributed by atoms with Gasteiger partial charge in [-0.25, -0.2) is 0 Å². The molecule has 0 aromatic heterocycles. The molecular weight excluding hydrogens is 168 g/mol. The first-order chi connectivity index (χ1) is 5.10. The van der Waals surface area contributed by atoms with Crippen LogP contribution in [0.5, 0.6) is 0 Å². The summed E-state index contributed by atoms with van der Waals surface area (Å²) in [5.41, 5.74) is 0.256. The topological polar surface area (TPSA) is 9.23 Å². The summed E-state index contributed by atoms with van der Waals surface area (Å²) in [5, 5.41) is 0. The van der Waals surface area contributed by atoms with E-state index in [0.717, 1.165) is 5.75 Å². The second kappa shape index (κ2) is 3.93. The standard InChI is InChI=1S/C10H22OS/c1-9(2,3)8-12(7)11-10(4,5)6/h7-8H2,1-6H3. The maximum absolute atomic E-state index is 5.73. The summed E-state index contributed by atoms with van der Waals surface area (Å²) < 4.78 is 5.73. The van der Waals surface area contributed by atoms with Gasteiger partial charge in [0.2, 0.25) is 0 Å². The van der Waals surface area contributed by atoms with Gasteiger partial charge in [0.15, 0.2) is 0 Å². The Kier molecular flexibility index (Phi) is 3.98. The quantitative estimate of drug-likeness (QED) is 0.606. The van der Waals surface area contributed by atoms with Crippen molar-refractivity contribution in [3.05, 3.63) is 0 Å². The van der Waals surface area contributed by atoms with Gasteiger partial charge in [0.25, 0.3) is 0 Å². The first-order valence-corrected chi connectivity index (χ1v) is 5.79. The van der Waals surface area contributed by atoms with Crippen molar-refractivity contribution in [2.45, 2.75) is 47.1 Å². The molecule has 0 heterocycles. The maximum Gasteiger partial charge on any atom is 0.0738 e. The lowest BCUT2D eigenvalue weighted by Gasteiger charge is -2.26. The third-order valence-corrected chi connectivity index (χ3v) is 2.89. The van der Waals surface area contributed by atoms with Crippen molar-refractivity contribution >= 4 is 16.6 Å². The van der Waals surface area contributed by atoms with E-state index < -0.39 is 0 Å². The molecule has 0 aromatic carbocycles. The lowest BCUT2D eigenvalue weighted by Crippen LogP contribution is -2.19. The van der Waals surface area contributed by atoms with Crippen LogP contribution in [0.1, 0.15) is 41.5 Å². The van der Waals surface area contributed by atoms with Gasteiger partial charge in [0.05, 0.1) is 5.60 Å². The lowest BCUT2D eigenvalue weighted by atomic mass is 10.0. The highest BCUT2D eigenvalue weighted by atomic mass is 32.2. The SMILES string of the molecule is C=S(CC(C)(C)C)OC(C)(C)C. The first-order valence-electron chi connectivity index (χ1n) is 4.30. The summed E-state index contributed by atoms with van der Waals surface area (Å²) in [5.74, 6) is 5.05. The lowest BCUT2D eigenvalue weighted by molar-refractivity contribution is 0.162. The van der Waals surface area contributed by atoms with Crippen LogP contribution in [0.25, 0.3) is 0 Å². The van der Waals surface area contributed by atoms with Gasteiger partial charge < -0.3 is 4.18 Å². The third-order valence-electron chi connectivity index (χ3n) is 0.962. The monoisotopic (exact) mass is 190 g/mol. The molecule has 0 aliphatic rings. The van der Waals surface area contributed by atoms with Crippen LogP contribution in [0.4, 0.5) is 0 Å². The van der Waals surface area contributed by atoms with E-state index in [1.54, 1.807) is 0 Å². The van der Waals surface area contributed by atoms with Crippen LogP contribution in [-0.2, 0) is 4.18 Å². The molecule has 0 fully saturated rings. The maximum atomic E-state index is 5.73. The number of hydrogen-bond donors (Lipinski definition) is 0. The average Bonchev–Trinajstić information content (AvgIpc) is 1.49. The van der Waals surface area contributed by atoms with E-state index in [0.29, 0.717) is 5.41 Å². The minimum absolute atomic E-state index is 0.0594. The van der Waals surface area contributed by atoms with Crippen LogP contribution in [0, 0.1) is 5.41 Å². The third kappa shape index (κ3) is 8.28. The number of rotatable bonds is 2. The Morgan fingerprint density at radius 3 is 1.75 bits per heavy atom. The van der Waals surface area contributed by atoms with Crippen LogP contribution < -0.4 is 0 Å². The van der Waals surface area contributed by atoms with E-state index >= 15 is 0 Å². The summed E-state index contributed by atoms with van der Waals surface area (Å²) in [4.78, 5) is 0. The normalized spacial score (nSPS) is 16.2. The molecule has 74 valence electrons. The molecule has 0 radical (unpaired) electrons. The Labute approximate surface area is 79.6 Å². The van der Waals surface area contributed by atoms with Crippen LogP contribution in [0.2, 0.25) is 0 Å². The van der Waals surface area contributed by atoms with Crippen molar-refractivity contribution in [2.24, 2.45) is 5.41 Å². The van der Waals surface area contributed by atoms with Gasteiger partial charge in [-0.3, -0.25) is 0 Å². The fraction of sp³-hybridized carbons (Fsp3) is 0.900. The molecule has 0 bridgehead atoms. The molecule has 1 unspecified atom stereocenters. The molecule has 12 heavy (non-hydrogen) atoms. The Bertz CT molecular complexity index is 142. The molecule has 0 aliphatic carbocycles. The fourth-order valence-electron chi connectivity index (χ4n) is 0.866. The zero-order valence-corrected chi connectivity index (χ0v) is 10.0. The largest absolute Gasteiger partial charge is 0.318 e. The number of hydrogen-bond acceptors (Lipinski definition) is 1. The second-order valence-electron chi connectivity index (χ2n) is 5.34. The van der Waals surface area contributed by atoms with Gasteiger partial charge in [-0.15, -0.1) is 0 Å². The van der Waals surface area contributed by atoms with Gasteiger partial charge >= 0.3 is 0 Å². The second-order valence-corrected chi connectivity index (χ2v) is 6.68. The first kappa shape index (κ1) is 12.2. The molecule has 2 heteroatoms. The van der Waals surface area contributed by atoms with E-state index in [-0.39, 0.29) is 16.4 Å². The summed E-state index contributed by atoms with van der Waals surface area (Å²) in [6.07, 6.45) is 0. The van der Waals surface area contributed by atoms with Crippen molar-refractivity contribution in [3.63, 3.8) is 0 Å². The van der Waals surface area contributed by atoms with E-state index in [2.05, 4.69) is 47.4 Å². The molecule has 1 atom stereocenters. The molecule has 0 rings (SSSR count). The molecule has 0 N–H and O–H groups in total. The fourth-order valence-corrected chi connectivity index (χ4v) is 2.60. The minimum Gasteiger partial charge on any atom is -0.318 e. The highest BCUT2D eigenvalue weighted by molar-refractivity contribution is 8.09. The summed E-state index contributed by atoms with van der Waals surface area (Å²) in [6.45, 7) is 12.8. The van der Waals surface area contributed by atoms with Gasteiger partial charge in [0.1, 0.15) is 0 Å². The van der Waals surface area contributed by atoms with Gasteiger partial charge in [0, 0.05) is 5.75 Å².